The highest BCUT2D eigenvalue weighted by atomic mass is 79.9. The lowest BCUT2D eigenvalue weighted by Crippen LogP contribution is -2.41. The topological polar surface area (TPSA) is 3.24 Å². The molecular weight excluding hydrogens is 278 g/mol. The maximum absolute atomic E-state index is 3.90. The van der Waals surface area contributed by atoms with Crippen LogP contribution in [0.3, 0.4) is 0 Å². The molecule has 0 N–H and O–H groups in total. The van der Waals surface area contributed by atoms with Gasteiger partial charge in [0, 0.05) is 12.2 Å². The summed E-state index contributed by atoms with van der Waals surface area (Å²) in [6.45, 7) is 4.83. The summed E-state index contributed by atoms with van der Waals surface area (Å²) in [6.07, 6.45) is 13.9. The Morgan fingerprint density at radius 1 is 1.25 bits per heavy atom. The molecule has 0 aromatic heterocycles. The molecule has 1 heterocycles. The molecule has 3 heteroatoms. The Balaban J connectivity index is 2.06. The van der Waals surface area contributed by atoms with E-state index in [-0.39, 0.29) is 0 Å². The summed E-state index contributed by atoms with van der Waals surface area (Å²) in [5, 5.41) is 1.65. The van der Waals surface area contributed by atoms with E-state index in [1.54, 1.807) is 5.20 Å². The Morgan fingerprint density at radius 3 is 2.56 bits per heavy atom. The molecule has 0 spiro atoms. The molecule has 1 fully saturated rings. The highest BCUT2D eigenvalue weighted by Crippen LogP contribution is 2.31. The smallest absolute Gasteiger partial charge is 0.102 e. The Morgan fingerprint density at radius 2 is 1.94 bits per heavy atom. The van der Waals surface area contributed by atoms with Crippen molar-refractivity contribution in [3.63, 3.8) is 0 Å². The average Bonchev–Trinajstić information content (AvgIpc) is 2.30. The van der Waals surface area contributed by atoms with Gasteiger partial charge in [-0.25, -0.2) is 0 Å². The van der Waals surface area contributed by atoms with Crippen LogP contribution in [0.1, 0.15) is 32.1 Å². The van der Waals surface area contributed by atoms with Crippen molar-refractivity contribution in [3.05, 3.63) is 23.5 Å². The third-order valence-corrected chi connectivity index (χ3v) is 7.08. The number of alkyl halides is 1. The normalized spacial score (nSPS) is 27.4. The summed E-state index contributed by atoms with van der Waals surface area (Å²) >= 11 is 3.90. The molecule has 0 radical (unpaired) electrons. The van der Waals surface area contributed by atoms with Gasteiger partial charge in [0.25, 0.3) is 0 Å². The molecule has 1 nitrogen and oxygen atoms in total. The molecule has 90 valence electrons. The number of allylic oxidation sites excluding steroid dienone is 2. The summed E-state index contributed by atoms with van der Waals surface area (Å²) in [6, 6.07) is 0.769. The van der Waals surface area contributed by atoms with Crippen LogP contribution >= 0.6 is 15.9 Å². The van der Waals surface area contributed by atoms with E-state index in [1.807, 2.05) is 0 Å². The fraction of sp³-hybridized carbons (Fsp3) is 0.692. The maximum atomic E-state index is 3.90. The summed E-state index contributed by atoms with van der Waals surface area (Å²) in [7, 11) is -0.681. The zero-order valence-electron chi connectivity index (χ0n) is 10.3. The lowest BCUT2D eigenvalue weighted by molar-refractivity contribution is 0.221. The van der Waals surface area contributed by atoms with Crippen molar-refractivity contribution < 1.29 is 0 Å². The van der Waals surface area contributed by atoms with Crippen LogP contribution in [-0.4, -0.2) is 24.7 Å². The molecule has 1 unspecified atom stereocenters. The number of rotatable bonds is 2. The van der Waals surface area contributed by atoms with Crippen molar-refractivity contribution in [2.45, 2.75) is 56.2 Å². The molecule has 0 aromatic carbocycles. The molecule has 0 aromatic rings. The minimum absolute atomic E-state index is 0.479. The van der Waals surface area contributed by atoms with Gasteiger partial charge in [-0.05, 0) is 18.9 Å². The van der Waals surface area contributed by atoms with Crippen molar-refractivity contribution in [2.75, 3.05) is 0 Å². The second kappa shape index (κ2) is 5.54. The van der Waals surface area contributed by atoms with Crippen LogP contribution in [0.15, 0.2) is 23.5 Å². The number of hydrogen-bond donors (Lipinski definition) is 0. The monoisotopic (exact) mass is 299 g/mol. The minimum atomic E-state index is -0.681. The van der Waals surface area contributed by atoms with Crippen LogP contribution in [0.4, 0.5) is 0 Å². The zero-order chi connectivity index (χ0) is 11.5. The van der Waals surface area contributed by atoms with E-state index in [0.29, 0.717) is 4.95 Å². The SMILES string of the molecule is C[SiH](C)C1=CC=CN(C2CCCCC2)C1Br. The zero-order valence-corrected chi connectivity index (χ0v) is 13.1. The summed E-state index contributed by atoms with van der Waals surface area (Å²) in [5.41, 5.74) is 0. The van der Waals surface area contributed by atoms with Gasteiger partial charge >= 0.3 is 0 Å². The van der Waals surface area contributed by atoms with Gasteiger partial charge in [-0.15, -0.1) is 0 Å². The van der Waals surface area contributed by atoms with Gasteiger partial charge in [0.1, 0.15) is 4.95 Å². The van der Waals surface area contributed by atoms with Gasteiger partial charge in [-0.3, -0.25) is 0 Å². The van der Waals surface area contributed by atoms with Gasteiger partial charge in [0.15, 0.2) is 0 Å². The quantitative estimate of drug-likeness (QED) is 0.426. The molecule has 0 bridgehead atoms. The number of halogens is 1. The first-order chi connectivity index (χ1) is 7.70. The van der Waals surface area contributed by atoms with Crippen molar-refractivity contribution >= 4 is 24.7 Å². The van der Waals surface area contributed by atoms with E-state index in [9.17, 15) is 0 Å². The third kappa shape index (κ3) is 2.62. The maximum Gasteiger partial charge on any atom is 0.102 e. The van der Waals surface area contributed by atoms with Crippen LogP contribution in [0.2, 0.25) is 13.1 Å². The fourth-order valence-corrected chi connectivity index (χ4v) is 6.16. The molecule has 0 amide bonds. The lowest BCUT2D eigenvalue weighted by atomic mass is 9.94. The Kier molecular flexibility index (Phi) is 4.31. The summed E-state index contributed by atoms with van der Waals surface area (Å²) in [5.74, 6) is 0. The Hall–Kier alpha value is -0.0231. The highest BCUT2D eigenvalue weighted by molar-refractivity contribution is 9.09. The molecule has 1 saturated carbocycles. The third-order valence-electron chi connectivity index (χ3n) is 3.75. The molecule has 1 aliphatic carbocycles. The van der Waals surface area contributed by atoms with Crippen molar-refractivity contribution in [1.29, 1.82) is 0 Å². The predicted molar refractivity (Wildman–Crippen MR) is 77.5 cm³/mol. The number of nitrogens with zero attached hydrogens (tertiary/aromatic N) is 1. The molecular formula is C13H22BrNSi. The van der Waals surface area contributed by atoms with E-state index >= 15 is 0 Å². The van der Waals surface area contributed by atoms with Crippen LogP contribution < -0.4 is 0 Å². The molecule has 0 saturated heterocycles. The average molecular weight is 300 g/mol. The van der Waals surface area contributed by atoms with Crippen molar-refractivity contribution in [3.8, 4) is 0 Å². The first-order valence-corrected chi connectivity index (χ1v) is 10.3. The summed E-state index contributed by atoms with van der Waals surface area (Å²) < 4.78 is 0. The van der Waals surface area contributed by atoms with E-state index in [0.717, 1.165) is 6.04 Å². The Labute approximate surface area is 109 Å². The van der Waals surface area contributed by atoms with Crippen LogP contribution in [0.5, 0.6) is 0 Å². The number of hydrogen-bond acceptors (Lipinski definition) is 1. The minimum Gasteiger partial charge on any atom is -0.359 e. The van der Waals surface area contributed by atoms with Crippen LogP contribution in [0.25, 0.3) is 0 Å². The second-order valence-corrected chi connectivity index (χ2v) is 9.08. The first kappa shape index (κ1) is 12.4. The van der Waals surface area contributed by atoms with Gasteiger partial charge in [-0.1, -0.05) is 59.6 Å². The van der Waals surface area contributed by atoms with E-state index in [1.165, 1.54) is 32.1 Å². The largest absolute Gasteiger partial charge is 0.359 e. The molecule has 16 heavy (non-hydrogen) atoms. The predicted octanol–water partition coefficient (Wildman–Crippen LogP) is 3.82. The van der Waals surface area contributed by atoms with Gasteiger partial charge in [0.2, 0.25) is 0 Å². The van der Waals surface area contributed by atoms with Gasteiger partial charge < -0.3 is 4.90 Å². The van der Waals surface area contributed by atoms with E-state index in [4.69, 9.17) is 0 Å². The second-order valence-electron chi connectivity index (χ2n) is 5.24. The summed E-state index contributed by atoms with van der Waals surface area (Å²) in [4.78, 5) is 3.04. The molecule has 2 aliphatic rings. The molecule has 1 atom stereocenters. The van der Waals surface area contributed by atoms with Crippen LogP contribution in [0, 0.1) is 0 Å². The highest BCUT2D eigenvalue weighted by Gasteiger charge is 2.28. The van der Waals surface area contributed by atoms with Crippen LogP contribution in [-0.2, 0) is 0 Å². The molecule has 2 rings (SSSR count). The van der Waals surface area contributed by atoms with E-state index < -0.39 is 8.80 Å². The van der Waals surface area contributed by atoms with Crippen molar-refractivity contribution in [1.82, 2.24) is 4.90 Å². The lowest BCUT2D eigenvalue weighted by Gasteiger charge is -2.40. The fourth-order valence-electron chi connectivity index (χ4n) is 2.73. The van der Waals surface area contributed by atoms with Gasteiger partial charge in [-0.2, -0.15) is 0 Å². The first-order valence-electron chi connectivity index (χ1n) is 6.50. The molecule has 1 aliphatic heterocycles. The van der Waals surface area contributed by atoms with E-state index in [2.05, 4.69) is 52.3 Å². The van der Waals surface area contributed by atoms with Crippen molar-refractivity contribution in [2.24, 2.45) is 0 Å². The standard InChI is InChI=1S/C13H22BrNSi/c1-16(2)12-9-6-10-15(13(12)14)11-7-4-3-5-8-11/h6,9-11,13,16H,3-5,7-8H2,1-2H3. The Bertz CT molecular complexity index is 292. The van der Waals surface area contributed by atoms with Gasteiger partial charge in [0.05, 0.1) is 8.80 Å².